The van der Waals surface area contributed by atoms with Crippen molar-refractivity contribution < 1.29 is 56.0 Å². The molecule has 0 atom stereocenters. The topological polar surface area (TPSA) is 3.01 Å². The molecule has 0 amide bonds. The fraction of sp³-hybridized carbons (Fsp3) is 0.179. The molecular weight excluding hydrogens is 549 g/mol. The van der Waals surface area contributed by atoms with E-state index in [1.807, 2.05) is 128 Å². The molecule has 0 bridgehead atoms. The van der Waals surface area contributed by atoms with E-state index in [1.54, 1.807) is 0 Å². The summed E-state index contributed by atoms with van der Waals surface area (Å²) in [5.41, 5.74) is 1.48. The first-order chi connectivity index (χ1) is 16.5. The van der Waals surface area contributed by atoms with Crippen molar-refractivity contribution in [2.45, 2.75) is 19.3 Å². The molecule has 0 aromatic rings. The Labute approximate surface area is 241 Å². The summed E-state index contributed by atoms with van der Waals surface area (Å²) >= 11 is 0. The largest absolute Gasteiger partial charge is 0.673 e. The van der Waals surface area contributed by atoms with Gasteiger partial charge in [0, 0.05) is 47.0 Å². The maximum Gasteiger partial charge on any atom is 0.673 e. The van der Waals surface area contributed by atoms with Crippen molar-refractivity contribution >= 4 is 13.0 Å². The summed E-state index contributed by atoms with van der Waals surface area (Å²) in [6, 6.07) is 0. The van der Waals surface area contributed by atoms with Gasteiger partial charge in [-0.2, -0.15) is 5.71 Å². The molecule has 0 N–H and O–H groups in total. The van der Waals surface area contributed by atoms with Crippen molar-refractivity contribution in [1.29, 1.82) is 0 Å². The second-order valence-corrected chi connectivity index (χ2v) is 7.15. The fourth-order valence-corrected chi connectivity index (χ4v) is 2.68. The van der Waals surface area contributed by atoms with Gasteiger partial charge in [0.2, 0.25) is 0 Å². The van der Waals surface area contributed by atoms with Gasteiger partial charge >= 0.3 is 7.25 Å². The van der Waals surface area contributed by atoms with Crippen LogP contribution >= 0.6 is 0 Å². The quantitative estimate of drug-likeness (QED) is 0.135. The van der Waals surface area contributed by atoms with Gasteiger partial charge in [0.05, 0.1) is 0 Å². The van der Waals surface area contributed by atoms with Crippen LogP contribution in [-0.4, -0.2) is 30.6 Å². The minimum absolute atomic E-state index is 0. The molecule has 5 aliphatic carbocycles. The van der Waals surface area contributed by atoms with Crippen LogP contribution in [0.1, 0.15) is 19.3 Å². The van der Waals surface area contributed by atoms with Crippen LogP contribution in [0, 0.1) is 141 Å². The predicted octanol–water partition coefficient (Wildman–Crippen LogP) is 6.43. The fourth-order valence-electron chi connectivity index (χ4n) is 2.68. The van der Waals surface area contributed by atoms with Crippen LogP contribution in [0.25, 0.3) is 0 Å². The zero-order valence-corrected chi connectivity index (χ0v) is 22.2. The molecule has 8 heteroatoms. The first-order valence-electron chi connectivity index (χ1n) is 11.3. The molecule has 5 saturated carbocycles. The van der Waals surface area contributed by atoms with Crippen LogP contribution in [0.4, 0.5) is 17.3 Å². The number of rotatable bonds is 0. The van der Waals surface area contributed by atoms with E-state index in [0.717, 1.165) is 0 Å². The monoisotopic (exact) mass is 581 g/mol. The summed E-state index contributed by atoms with van der Waals surface area (Å²) in [7, 11) is -6.00. The summed E-state index contributed by atoms with van der Waals surface area (Å²) in [5, 5.41) is 0. The molecule has 36 heavy (non-hydrogen) atoms. The summed E-state index contributed by atoms with van der Waals surface area (Å²) in [6.45, 7) is 2.59. The van der Waals surface area contributed by atoms with Gasteiger partial charge in [0.1, 0.15) is 13.1 Å². The van der Waals surface area contributed by atoms with Gasteiger partial charge in [-0.15, -0.1) is 0 Å². The van der Waals surface area contributed by atoms with Gasteiger partial charge in [-0.25, -0.2) is 0 Å². The maximum absolute atomic E-state index is 9.75. The van der Waals surface area contributed by atoms with Crippen LogP contribution in [-0.2, 0) is 34.1 Å². The van der Waals surface area contributed by atoms with Gasteiger partial charge in [0.25, 0.3) is 0 Å². The Morgan fingerprint density at radius 1 is 0.444 bits per heavy atom. The molecule has 0 unspecified atom stereocenters. The number of halogens is 4. The first-order valence-corrected chi connectivity index (χ1v) is 11.3. The molecular formula is C28H32BF4Fe2N-2. The molecule has 0 aromatic heterocycles. The Morgan fingerprint density at radius 2 is 0.639 bits per heavy atom. The predicted molar refractivity (Wildman–Crippen MR) is 134 cm³/mol. The summed E-state index contributed by atoms with van der Waals surface area (Å²) in [6.07, 6.45) is 48.6. The molecule has 6 rings (SSSR count). The van der Waals surface area contributed by atoms with E-state index in [0.29, 0.717) is 0 Å². The molecule has 1 heterocycles. The van der Waals surface area contributed by atoms with Crippen molar-refractivity contribution in [2.24, 2.45) is 0 Å². The smallest absolute Gasteiger partial charge is 0.479 e. The van der Waals surface area contributed by atoms with Crippen molar-refractivity contribution in [3.05, 3.63) is 141 Å². The molecule has 6 aliphatic rings. The van der Waals surface area contributed by atoms with E-state index in [2.05, 4.69) is 17.4 Å². The summed E-state index contributed by atoms with van der Waals surface area (Å²) in [4.78, 5) is 0. The Hall–Kier alpha value is 0.234. The standard InChI is InChI=1S/C8H12N.4C5H5.BF4.2Fe/c1-2-6-9(7-3-1)8-4-5-8;4*1-2-4-5-3-1;2-1(3,4)5;;/h4-5H,1-3,6-7H2;4*1-5H;;;/q-1;;;;;-1;;. The van der Waals surface area contributed by atoms with E-state index in [1.165, 1.54) is 38.1 Å². The van der Waals surface area contributed by atoms with Gasteiger partial charge in [-0.3, -0.25) is 4.58 Å². The van der Waals surface area contributed by atoms with Crippen molar-refractivity contribution in [2.75, 3.05) is 13.1 Å². The first kappa shape index (κ1) is 38.4. The zero-order valence-electron chi connectivity index (χ0n) is 20.0. The SMILES string of the molecule is F[B-](F)(F)F.[CH-]1[CH-]C1=[N+]1CCCCC1.[CH]1[CH][CH][CH][CH]1.[CH]1[CH][CH][CH][CH]1.[CH]1[CH][CH][CH][CH]1.[CH]1[CH][CH][CH][CH]1.[Fe].[Fe]. The van der Waals surface area contributed by atoms with E-state index in [-0.39, 0.29) is 34.1 Å². The molecule has 1 saturated heterocycles. The number of hydrogen-bond acceptors (Lipinski definition) is 0. The van der Waals surface area contributed by atoms with Crippen molar-refractivity contribution in [3.63, 3.8) is 0 Å². The van der Waals surface area contributed by atoms with Crippen LogP contribution in [0.3, 0.4) is 0 Å². The van der Waals surface area contributed by atoms with E-state index in [9.17, 15) is 17.3 Å². The third-order valence-corrected chi connectivity index (χ3v) is 4.26. The van der Waals surface area contributed by atoms with Crippen LogP contribution in [0.5, 0.6) is 0 Å². The summed E-state index contributed by atoms with van der Waals surface area (Å²) in [5.74, 6) is 0. The Morgan fingerprint density at radius 3 is 0.806 bits per heavy atom. The van der Waals surface area contributed by atoms with Gasteiger partial charge in [-0.1, -0.05) is 0 Å². The van der Waals surface area contributed by atoms with Gasteiger partial charge in [0.15, 0.2) is 0 Å². The Kier molecular flexibility index (Phi) is 28.6. The number of nitrogens with zero attached hydrogens (tertiary/aromatic N) is 1. The van der Waals surface area contributed by atoms with Crippen molar-refractivity contribution in [1.82, 2.24) is 0 Å². The second kappa shape index (κ2) is 26.8. The van der Waals surface area contributed by atoms with Gasteiger partial charge in [-0.05, 0) is 135 Å². The Balaban J connectivity index is 0. The molecule has 20 radical (unpaired) electrons. The van der Waals surface area contributed by atoms with Crippen molar-refractivity contribution in [3.8, 4) is 0 Å². The zero-order chi connectivity index (χ0) is 24.7. The molecule has 1 aliphatic heterocycles. The average molecular weight is 581 g/mol. The maximum atomic E-state index is 9.75. The number of piperidine rings is 1. The molecule has 6 fully saturated rings. The second-order valence-electron chi connectivity index (χ2n) is 7.15. The third kappa shape index (κ3) is 30.5. The normalized spacial score (nSPS) is 21.2. The van der Waals surface area contributed by atoms with E-state index >= 15 is 0 Å². The summed E-state index contributed by atoms with van der Waals surface area (Å²) < 4.78 is 41.5. The minimum Gasteiger partial charge on any atom is -0.479 e. The van der Waals surface area contributed by atoms with E-state index in [4.69, 9.17) is 0 Å². The van der Waals surface area contributed by atoms with E-state index < -0.39 is 7.25 Å². The molecule has 0 aromatic carbocycles. The minimum atomic E-state index is -6.00. The van der Waals surface area contributed by atoms with Crippen LogP contribution in [0.2, 0.25) is 0 Å². The molecule has 1 nitrogen and oxygen atoms in total. The average Bonchev–Trinajstić information content (AvgIpc) is 3.51. The number of hydrogen-bond donors (Lipinski definition) is 0. The molecule has 0 spiro atoms. The molecule has 198 valence electrons. The van der Waals surface area contributed by atoms with Crippen LogP contribution < -0.4 is 0 Å². The van der Waals surface area contributed by atoms with Crippen LogP contribution in [0.15, 0.2) is 0 Å². The van der Waals surface area contributed by atoms with Gasteiger partial charge < -0.3 is 30.1 Å². The third-order valence-electron chi connectivity index (χ3n) is 4.26. The Bertz CT molecular complexity index is 398.